The second-order valence-electron chi connectivity index (χ2n) is 7.69. The molecule has 5 rings (SSSR count). The van der Waals surface area contributed by atoms with Gasteiger partial charge >= 0.3 is 6.36 Å². The molecule has 0 N–H and O–H groups in total. The molecule has 0 saturated carbocycles. The first-order valence-corrected chi connectivity index (χ1v) is 10.5. The molecule has 2 unspecified atom stereocenters. The maximum atomic E-state index is 13.0. The maximum absolute atomic E-state index is 13.0. The molecule has 3 heterocycles. The summed E-state index contributed by atoms with van der Waals surface area (Å²) in [7, 11) is 1.81. The number of nitrogens with zero attached hydrogens (tertiary/aromatic N) is 1. The number of para-hydroxylation sites is 1. The van der Waals surface area contributed by atoms with E-state index in [1.54, 1.807) is 18.0 Å². The molecule has 2 atom stereocenters. The lowest BCUT2D eigenvalue weighted by atomic mass is 9.77. The van der Waals surface area contributed by atoms with Crippen molar-refractivity contribution in [3.63, 3.8) is 0 Å². The van der Waals surface area contributed by atoms with Crippen molar-refractivity contribution >= 4 is 11.6 Å². The van der Waals surface area contributed by atoms with Crippen LogP contribution in [0.2, 0.25) is 0 Å². The number of hydrogen-bond donors (Lipinski definition) is 0. The highest BCUT2D eigenvalue weighted by Gasteiger charge is 2.56. The van der Waals surface area contributed by atoms with Crippen molar-refractivity contribution in [1.82, 2.24) is 0 Å². The van der Waals surface area contributed by atoms with E-state index in [1.807, 2.05) is 43.3 Å². The number of allylic oxidation sites excluding steroid dienone is 1. The van der Waals surface area contributed by atoms with E-state index < -0.39 is 17.9 Å². The highest BCUT2D eigenvalue weighted by molar-refractivity contribution is 6.11. The van der Waals surface area contributed by atoms with Gasteiger partial charge in [0.1, 0.15) is 17.8 Å². The Morgan fingerprint density at radius 2 is 1.71 bits per heavy atom. The highest BCUT2D eigenvalue weighted by atomic mass is 19.4. The Morgan fingerprint density at radius 1 is 1.09 bits per heavy atom. The number of carbonyl (C=O) groups is 1. The Hall–Kier alpha value is -3.46. The monoisotopic (exact) mass is 477 g/mol. The van der Waals surface area contributed by atoms with E-state index in [1.165, 1.54) is 6.92 Å². The van der Waals surface area contributed by atoms with Crippen molar-refractivity contribution in [3.05, 3.63) is 72.8 Å². The highest BCUT2D eigenvalue weighted by Crippen LogP contribution is 2.54. The molecular formula is C25H26F3NO5. The fourth-order valence-corrected chi connectivity index (χ4v) is 3.94. The predicted molar refractivity (Wildman–Crippen MR) is 121 cm³/mol. The first-order valence-electron chi connectivity index (χ1n) is 10.5. The average Bonchev–Trinajstić information content (AvgIpc) is 3.45. The van der Waals surface area contributed by atoms with Gasteiger partial charge in [-0.25, -0.2) is 0 Å². The van der Waals surface area contributed by atoms with Crippen LogP contribution in [-0.2, 0) is 14.9 Å². The summed E-state index contributed by atoms with van der Waals surface area (Å²) in [6.45, 7) is 10.1. The van der Waals surface area contributed by atoms with Crippen LogP contribution in [0.25, 0.3) is 0 Å². The lowest BCUT2D eigenvalue weighted by molar-refractivity contribution is -0.334. The average molecular weight is 477 g/mol. The number of rotatable bonds is 2. The van der Waals surface area contributed by atoms with Crippen molar-refractivity contribution in [1.29, 1.82) is 0 Å². The smallest absolute Gasteiger partial charge is 0.491 e. The predicted octanol–water partition coefficient (Wildman–Crippen LogP) is 5.36. The van der Waals surface area contributed by atoms with E-state index in [0.29, 0.717) is 23.9 Å². The van der Waals surface area contributed by atoms with Gasteiger partial charge < -0.3 is 19.1 Å². The van der Waals surface area contributed by atoms with Crippen LogP contribution in [0.5, 0.6) is 17.2 Å². The summed E-state index contributed by atoms with van der Waals surface area (Å²) in [5.41, 5.74) is 2.00. The largest absolute Gasteiger partial charge is 0.523 e. The van der Waals surface area contributed by atoms with Crippen LogP contribution in [-0.4, -0.2) is 38.8 Å². The Bertz CT molecular complexity index is 1080. The molecule has 2 aromatic rings. The van der Waals surface area contributed by atoms with Crippen LogP contribution >= 0.6 is 0 Å². The topological polar surface area (TPSA) is 57.2 Å². The Kier molecular flexibility index (Phi) is 7.26. The molecule has 9 heteroatoms. The molecule has 182 valence electrons. The second kappa shape index (κ2) is 9.80. The van der Waals surface area contributed by atoms with Crippen LogP contribution in [0.1, 0.15) is 25.0 Å². The molecule has 6 nitrogen and oxygen atoms in total. The number of fused-ring (bicyclic) bond motifs is 5. The molecule has 0 saturated heterocycles. The Balaban J connectivity index is 0.000000230. The van der Waals surface area contributed by atoms with Crippen molar-refractivity contribution < 1.29 is 36.9 Å². The summed E-state index contributed by atoms with van der Waals surface area (Å²) in [6.07, 6.45) is -2.69. The zero-order valence-corrected chi connectivity index (χ0v) is 19.1. The van der Waals surface area contributed by atoms with Gasteiger partial charge in [0, 0.05) is 24.4 Å². The van der Waals surface area contributed by atoms with Gasteiger partial charge in [0.15, 0.2) is 11.5 Å². The molecule has 1 amide bonds. The van der Waals surface area contributed by atoms with Gasteiger partial charge in [0.2, 0.25) is 12.7 Å². The summed E-state index contributed by atoms with van der Waals surface area (Å²) in [4.78, 5) is 14.7. The molecule has 0 aliphatic carbocycles. The van der Waals surface area contributed by atoms with Gasteiger partial charge in [-0.3, -0.25) is 9.53 Å². The zero-order chi connectivity index (χ0) is 25.1. The van der Waals surface area contributed by atoms with Gasteiger partial charge in [-0.15, -0.1) is 26.3 Å². The third-order valence-corrected chi connectivity index (χ3v) is 5.43. The zero-order valence-electron chi connectivity index (χ0n) is 19.1. The molecule has 0 radical (unpaired) electrons. The minimum absolute atomic E-state index is 0.0336. The number of hydrogen-bond acceptors (Lipinski definition) is 5. The van der Waals surface area contributed by atoms with Gasteiger partial charge in [-0.1, -0.05) is 30.4 Å². The van der Waals surface area contributed by atoms with E-state index in [0.717, 1.165) is 22.9 Å². The standard InChI is InChI=1S/C17H13NO4.C5H7F3O.C3H6/c1-18-12-5-3-2-4-10(12)17(16(18)19)8-20-13-7-15-14(6-11(13)17)21-9-22-15;1-3-4(2)9-5(6,7)8;1-3-2/h2-7H,8-9H2,1H3;3-4H,1H2,2H3;3H,1H2,2H3. The first kappa shape index (κ1) is 25.2. The molecule has 0 fully saturated rings. The molecule has 3 aliphatic rings. The Morgan fingerprint density at radius 3 is 2.29 bits per heavy atom. The maximum Gasteiger partial charge on any atom is 0.523 e. The third-order valence-electron chi connectivity index (χ3n) is 5.43. The van der Waals surface area contributed by atoms with E-state index in [4.69, 9.17) is 14.2 Å². The lowest BCUT2D eigenvalue weighted by Gasteiger charge is -2.21. The quantitative estimate of drug-likeness (QED) is 0.545. The third kappa shape index (κ3) is 4.61. The lowest BCUT2D eigenvalue weighted by Crippen LogP contribution is -2.40. The van der Waals surface area contributed by atoms with E-state index >= 15 is 0 Å². The number of amides is 1. The molecule has 0 aromatic heterocycles. The van der Waals surface area contributed by atoms with Crippen LogP contribution in [0.4, 0.5) is 18.9 Å². The number of carbonyl (C=O) groups excluding carboxylic acids is 1. The van der Waals surface area contributed by atoms with E-state index in [2.05, 4.69) is 17.9 Å². The van der Waals surface area contributed by atoms with Crippen LogP contribution < -0.4 is 19.1 Å². The van der Waals surface area contributed by atoms with Crippen LogP contribution in [0, 0.1) is 0 Å². The minimum atomic E-state index is -4.55. The number of benzene rings is 2. The fourth-order valence-electron chi connectivity index (χ4n) is 3.94. The summed E-state index contributed by atoms with van der Waals surface area (Å²) in [5.74, 6) is 2.07. The minimum Gasteiger partial charge on any atom is -0.491 e. The number of alkyl halides is 3. The normalized spacial score (nSPS) is 19.7. The van der Waals surface area contributed by atoms with Crippen molar-refractivity contribution in [2.24, 2.45) is 0 Å². The van der Waals surface area contributed by atoms with Gasteiger partial charge in [0.05, 0.1) is 6.10 Å². The molecule has 34 heavy (non-hydrogen) atoms. The molecule has 2 aromatic carbocycles. The SMILES string of the molecule is C=CC.C=CC(C)OC(F)(F)F.CN1C(=O)C2(COc3cc4c(cc32)OCO4)c2ccccc21. The molecule has 1 spiro atoms. The number of anilines is 1. The van der Waals surface area contributed by atoms with Crippen molar-refractivity contribution in [2.45, 2.75) is 31.7 Å². The number of halogens is 3. The second-order valence-corrected chi connectivity index (χ2v) is 7.69. The summed E-state index contributed by atoms with van der Waals surface area (Å²) in [6, 6.07) is 11.6. The van der Waals surface area contributed by atoms with Crippen LogP contribution in [0.15, 0.2) is 61.7 Å². The number of likely N-dealkylation sites (N-methyl/N-ethyl adjacent to an activating group) is 1. The number of ether oxygens (including phenoxy) is 4. The van der Waals surface area contributed by atoms with E-state index in [-0.39, 0.29) is 12.7 Å². The first-order chi connectivity index (χ1) is 16.1. The fraction of sp³-hybridized carbons (Fsp3) is 0.320. The molecule has 0 bridgehead atoms. The molecule has 3 aliphatic heterocycles. The summed E-state index contributed by atoms with van der Waals surface area (Å²) < 4.78 is 53.9. The van der Waals surface area contributed by atoms with Gasteiger partial charge in [-0.2, -0.15) is 0 Å². The van der Waals surface area contributed by atoms with Crippen molar-refractivity contribution in [3.8, 4) is 17.2 Å². The Labute approximate surface area is 196 Å². The van der Waals surface area contributed by atoms with Crippen LogP contribution in [0.3, 0.4) is 0 Å². The van der Waals surface area contributed by atoms with Crippen molar-refractivity contribution in [2.75, 3.05) is 25.3 Å². The molecular weight excluding hydrogens is 451 g/mol. The summed E-state index contributed by atoms with van der Waals surface area (Å²) >= 11 is 0. The van der Waals surface area contributed by atoms with Gasteiger partial charge in [0.25, 0.3) is 0 Å². The summed E-state index contributed by atoms with van der Waals surface area (Å²) in [5, 5.41) is 0. The van der Waals surface area contributed by atoms with E-state index in [9.17, 15) is 18.0 Å². The van der Waals surface area contributed by atoms with Gasteiger partial charge in [-0.05, 0) is 31.5 Å².